The Bertz CT molecular complexity index is 774. The third kappa shape index (κ3) is 5.23. The number of amides is 1. The maximum Gasteiger partial charge on any atom is 0.289 e. The molecule has 1 amide bonds. The SMILES string of the molecule is CCCN(C)c1cc(C)nc(SCc2ccc(C(=O)N3CCOCC3)o2)n1. The fourth-order valence-corrected chi connectivity index (χ4v) is 3.66. The van der Waals surface area contributed by atoms with Crippen molar-refractivity contribution in [3.05, 3.63) is 35.4 Å². The van der Waals surface area contributed by atoms with Crippen LogP contribution in [0.1, 0.15) is 35.4 Å². The Morgan fingerprint density at radius 2 is 2.07 bits per heavy atom. The first-order chi connectivity index (χ1) is 13.1. The summed E-state index contributed by atoms with van der Waals surface area (Å²) >= 11 is 1.51. The van der Waals surface area contributed by atoms with Gasteiger partial charge in [0.15, 0.2) is 10.9 Å². The molecule has 0 atom stereocenters. The van der Waals surface area contributed by atoms with Gasteiger partial charge in [-0.1, -0.05) is 18.7 Å². The second kappa shape index (κ2) is 9.23. The zero-order valence-electron chi connectivity index (χ0n) is 16.1. The number of aromatic nitrogens is 2. The highest BCUT2D eigenvalue weighted by molar-refractivity contribution is 7.98. The molecule has 1 aliphatic heterocycles. The molecular formula is C19H26N4O3S. The molecule has 0 radical (unpaired) electrons. The second-order valence-electron chi connectivity index (χ2n) is 6.53. The number of furan rings is 1. The van der Waals surface area contributed by atoms with Gasteiger partial charge in [0.1, 0.15) is 11.6 Å². The van der Waals surface area contributed by atoms with E-state index in [1.54, 1.807) is 11.0 Å². The molecule has 2 aromatic rings. The minimum absolute atomic E-state index is 0.0789. The minimum atomic E-state index is -0.0789. The highest BCUT2D eigenvalue weighted by atomic mass is 32.2. The Morgan fingerprint density at radius 3 is 2.81 bits per heavy atom. The normalized spacial score (nSPS) is 14.4. The molecule has 1 saturated heterocycles. The molecule has 8 heteroatoms. The van der Waals surface area contributed by atoms with Crippen LogP contribution in [-0.4, -0.2) is 60.7 Å². The van der Waals surface area contributed by atoms with E-state index in [0.717, 1.165) is 30.2 Å². The number of nitrogens with zero attached hydrogens (tertiary/aromatic N) is 4. The summed E-state index contributed by atoms with van der Waals surface area (Å²) in [5, 5.41) is 0.713. The predicted octanol–water partition coefficient (Wildman–Crippen LogP) is 2.99. The third-order valence-electron chi connectivity index (χ3n) is 4.28. The Labute approximate surface area is 164 Å². The molecule has 0 aliphatic carbocycles. The molecule has 0 aromatic carbocycles. The average molecular weight is 391 g/mol. The van der Waals surface area contributed by atoms with Crippen molar-refractivity contribution in [2.75, 3.05) is 44.8 Å². The molecule has 146 valence electrons. The number of carbonyl (C=O) groups is 1. The molecule has 3 rings (SSSR count). The van der Waals surface area contributed by atoms with Crippen LogP contribution in [0.3, 0.4) is 0 Å². The van der Waals surface area contributed by atoms with Crippen molar-refractivity contribution in [2.24, 2.45) is 0 Å². The number of hydrogen-bond donors (Lipinski definition) is 0. The van der Waals surface area contributed by atoms with Gasteiger partial charge < -0.3 is 19.0 Å². The summed E-state index contributed by atoms with van der Waals surface area (Å²) in [5.74, 6) is 2.54. The smallest absolute Gasteiger partial charge is 0.289 e. The van der Waals surface area contributed by atoms with Crippen LogP contribution in [0.25, 0.3) is 0 Å². The number of aryl methyl sites for hydroxylation is 1. The Balaban J connectivity index is 1.62. The average Bonchev–Trinajstić information content (AvgIpc) is 3.15. The first-order valence-electron chi connectivity index (χ1n) is 9.22. The van der Waals surface area contributed by atoms with Crippen LogP contribution in [0, 0.1) is 6.92 Å². The van der Waals surface area contributed by atoms with E-state index in [4.69, 9.17) is 9.15 Å². The van der Waals surface area contributed by atoms with Crippen molar-refractivity contribution in [1.29, 1.82) is 0 Å². The maximum atomic E-state index is 12.5. The fraction of sp³-hybridized carbons (Fsp3) is 0.526. The van der Waals surface area contributed by atoms with E-state index in [9.17, 15) is 4.79 Å². The van der Waals surface area contributed by atoms with Crippen molar-refractivity contribution in [1.82, 2.24) is 14.9 Å². The highest BCUT2D eigenvalue weighted by Gasteiger charge is 2.21. The molecule has 0 N–H and O–H groups in total. The van der Waals surface area contributed by atoms with E-state index in [-0.39, 0.29) is 5.91 Å². The van der Waals surface area contributed by atoms with Crippen LogP contribution in [0.2, 0.25) is 0 Å². The van der Waals surface area contributed by atoms with Gasteiger partial charge in [0.2, 0.25) is 0 Å². The van der Waals surface area contributed by atoms with Crippen LogP contribution < -0.4 is 4.90 Å². The topological polar surface area (TPSA) is 71.7 Å². The first kappa shape index (κ1) is 19.7. The number of rotatable bonds is 7. The standard InChI is InChI=1S/C19H26N4O3S/c1-4-7-22(3)17-12-14(2)20-19(21-17)27-13-15-5-6-16(26-15)18(24)23-8-10-25-11-9-23/h5-6,12H,4,7-11,13H2,1-3H3. The van der Waals surface area contributed by atoms with Gasteiger partial charge in [-0.15, -0.1) is 0 Å². The van der Waals surface area contributed by atoms with Crippen LogP contribution >= 0.6 is 11.8 Å². The molecule has 3 heterocycles. The Hall–Kier alpha value is -2.06. The Kier molecular flexibility index (Phi) is 6.73. The van der Waals surface area contributed by atoms with Gasteiger partial charge >= 0.3 is 0 Å². The largest absolute Gasteiger partial charge is 0.455 e. The predicted molar refractivity (Wildman–Crippen MR) is 105 cm³/mol. The summed E-state index contributed by atoms with van der Waals surface area (Å²) < 4.78 is 11.0. The molecule has 0 bridgehead atoms. The summed E-state index contributed by atoms with van der Waals surface area (Å²) in [6.45, 7) is 7.44. The number of hydrogen-bond acceptors (Lipinski definition) is 7. The van der Waals surface area contributed by atoms with Gasteiger partial charge in [0, 0.05) is 38.4 Å². The summed E-state index contributed by atoms with van der Waals surface area (Å²) in [6, 6.07) is 5.58. The molecule has 0 spiro atoms. The molecule has 2 aromatic heterocycles. The number of ether oxygens (including phenoxy) is 1. The number of morpholine rings is 1. The lowest BCUT2D eigenvalue weighted by Crippen LogP contribution is -2.40. The summed E-state index contributed by atoms with van der Waals surface area (Å²) in [4.78, 5) is 25.5. The van der Waals surface area contributed by atoms with Crippen LogP contribution in [0.5, 0.6) is 0 Å². The van der Waals surface area contributed by atoms with E-state index < -0.39 is 0 Å². The van der Waals surface area contributed by atoms with E-state index in [2.05, 4.69) is 21.8 Å². The summed E-state index contributed by atoms with van der Waals surface area (Å²) in [7, 11) is 2.04. The summed E-state index contributed by atoms with van der Waals surface area (Å²) in [5.41, 5.74) is 0.938. The second-order valence-corrected chi connectivity index (χ2v) is 7.47. The van der Waals surface area contributed by atoms with Gasteiger partial charge in [-0.05, 0) is 25.5 Å². The zero-order valence-corrected chi connectivity index (χ0v) is 16.9. The molecular weight excluding hydrogens is 364 g/mol. The van der Waals surface area contributed by atoms with Gasteiger partial charge in [0.25, 0.3) is 5.91 Å². The molecule has 1 aliphatic rings. The quantitative estimate of drug-likeness (QED) is 0.531. The van der Waals surface area contributed by atoms with E-state index >= 15 is 0 Å². The van der Waals surface area contributed by atoms with Crippen molar-refractivity contribution < 1.29 is 13.9 Å². The maximum absolute atomic E-state index is 12.5. The van der Waals surface area contributed by atoms with Gasteiger partial charge in [-0.2, -0.15) is 0 Å². The van der Waals surface area contributed by atoms with Crippen molar-refractivity contribution in [3.63, 3.8) is 0 Å². The molecule has 0 unspecified atom stereocenters. The minimum Gasteiger partial charge on any atom is -0.455 e. The molecule has 0 saturated carbocycles. The third-order valence-corrected chi connectivity index (χ3v) is 5.15. The van der Waals surface area contributed by atoms with Gasteiger partial charge in [-0.25, -0.2) is 9.97 Å². The molecule has 7 nitrogen and oxygen atoms in total. The summed E-state index contributed by atoms with van der Waals surface area (Å²) in [6.07, 6.45) is 1.06. The van der Waals surface area contributed by atoms with Gasteiger partial charge in [0.05, 0.1) is 19.0 Å². The van der Waals surface area contributed by atoms with Crippen molar-refractivity contribution in [3.8, 4) is 0 Å². The van der Waals surface area contributed by atoms with Crippen LogP contribution in [0.4, 0.5) is 5.82 Å². The van der Waals surface area contributed by atoms with Crippen LogP contribution in [0.15, 0.2) is 27.8 Å². The molecule has 1 fully saturated rings. The number of carbonyl (C=O) groups excluding carboxylic acids is 1. The Morgan fingerprint density at radius 1 is 1.30 bits per heavy atom. The zero-order chi connectivity index (χ0) is 19.2. The van der Waals surface area contributed by atoms with Crippen molar-refractivity contribution >= 4 is 23.5 Å². The fourth-order valence-electron chi connectivity index (χ4n) is 2.86. The van der Waals surface area contributed by atoms with E-state index in [1.165, 1.54) is 11.8 Å². The van der Waals surface area contributed by atoms with E-state index in [1.807, 2.05) is 26.1 Å². The van der Waals surface area contributed by atoms with Crippen molar-refractivity contribution in [2.45, 2.75) is 31.2 Å². The van der Waals surface area contributed by atoms with Gasteiger partial charge in [-0.3, -0.25) is 4.79 Å². The van der Waals surface area contributed by atoms with E-state index in [0.29, 0.717) is 43.0 Å². The first-order valence-corrected chi connectivity index (χ1v) is 10.2. The lowest BCUT2D eigenvalue weighted by molar-refractivity contribution is 0.0282. The monoisotopic (exact) mass is 390 g/mol. The number of anilines is 1. The lowest BCUT2D eigenvalue weighted by Gasteiger charge is -2.25. The molecule has 27 heavy (non-hydrogen) atoms. The highest BCUT2D eigenvalue weighted by Crippen LogP contribution is 2.24. The number of thioether (sulfide) groups is 1. The lowest BCUT2D eigenvalue weighted by atomic mass is 10.3. The van der Waals surface area contributed by atoms with Crippen LogP contribution in [-0.2, 0) is 10.5 Å².